The van der Waals surface area contributed by atoms with Gasteiger partial charge < -0.3 is 4.74 Å². The number of hydrogen-bond acceptors (Lipinski definition) is 2. The molecule has 102 valence electrons. The Morgan fingerprint density at radius 3 is 3.00 bits per heavy atom. The van der Waals surface area contributed by atoms with E-state index in [9.17, 15) is 0 Å². The first-order chi connectivity index (χ1) is 9.79. The summed E-state index contributed by atoms with van der Waals surface area (Å²) in [6.07, 6.45) is 5.03. The monoisotopic (exact) mass is 393 g/mol. The van der Waals surface area contributed by atoms with Crippen molar-refractivity contribution in [2.24, 2.45) is 0 Å². The van der Waals surface area contributed by atoms with Crippen LogP contribution in [0, 0.1) is 0 Å². The van der Waals surface area contributed by atoms with E-state index < -0.39 is 0 Å². The average molecular weight is 395 g/mol. The van der Waals surface area contributed by atoms with Crippen LogP contribution in [0.1, 0.15) is 23.2 Å². The molecule has 0 bridgehead atoms. The highest BCUT2D eigenvalue weighted by Gasteiger charge is 2.19. The lowest BCUT2D eigenvalue weighted by Gasteiger charge is -2.10. The largest absolute Gasteiger partial charge is 0.487 e. The molecule has 4 heteroatoms. The van der Waals surface area contributed by atoms with Gasteiger partial charge in [0.2, 0.25) is 0 Å². The third-order valence-corrected chi connectivity index (χ3v) is 4.19. The molecule has 0 aliphatic carbocycles. The van der Waals surface area contributed by atoms with Gasteiger partial charge in [-0.05, 0) is 36.3 Å². The van der Waals surface area contributed by atoms with Crippen molar-refractivity contribution < 1.29 is 4.74 Å². The number of hydrogen-bond donors (Lipinski definition) is 0. The van der Waals surface area contributed by atoms with E-state index in [0.717, 1.165) is 38.8 Å². The molecule has 3 rings (SSSR count). The second-order valence-corrected chi connectivity index (χ2v) is 6.23. The van der Waals surface area contributed by atoms with Crippen molar-refractivity contribution in [1.82, 2.24) is 4.98 Å². The second kappa shape index (κ2) is 6.10. The van der Waals surface area contributed by atoms with E-state index >= 15 is 0 Å². The first-order valence-corrected chi connectivity index (χ1v) is 8.34. The summed E-state index contributed by atoms with van der Waals surface area (Å²) in [6.45, 7) is 0.505. The lowest BCUT2D eigenvalue weighted by atomic mass is 9.96. The predicted octanol–water partition coefficient (Wildman–Crippen LogP) is 4.95. The van der Waals surface area contributed by atoms with Gasteiger partial charge in [0.05, 0.1) is 5.69 Å². The molecule has 20 heavy (non-hydrogen) atoms. The van der Waals surface area contributed by atoms with Crippen molar-refractivity contribution in [3.63, 3.8) is 0 Å². The molecule has 0 unspecified atom stereocenters. The van der Waals surface area contributed by atoms with Crippen LogP contribution in [0.15, 0.2) is 47.1 Å². The van der Waals surface area contributed by atoms with Crippen LogP contribution in [-0.4, -0.2) is 10.3 Å². The van der Waals surface area contributed by atoms with Gasteiger partial charge in [0.1, 0.15) is 12.4 Å². The Morgan fingerprint density at radius 1 is 1.25 bits per heavy atom. The maximum Gasteiger partial charge on any atom is 0.131 e. The summed E-state index contributed by atoms with van der Waals surface area (Å²) in [5.41, 5.74) is 4.48. The molecule has 0 radical (unpaired) electrons. The number of halogens is 2. The molecular weight excluding hydrogens is 382 g/mol. The molecule has 0 saturated carbocycles. The van der Waals surface area contributed by atoms with Crippen LogP contribution in [0.4, 0.5) is 0 Å². The topological polar surface area (TPSA) is 22.1 Å². The number of fused-ring (bicyclic) bond motifs is 2. The van der Waals surface area contributed by atoms with Crippen molar-refractivity contribution in [3.05, 3.63) is 63.9 Å². The van der Waals surface area contributed by atoms with E-state index in [0.29, 0.717) is 6.61 Å². The van der Waals surface area contributed by atoms with Gasteiger partial charge >= 0.3 is 0 Å². The van der Waals surface area contributed by atoms with Crippen LogP contribution >= 0.6 is 31.9 Å². The molecule has 1 aromatic heterocycles. The third-order valence-electron chi connectivity index (χ3n) is 3.24. The number of nitrogens with zero attached hydrogens (tertiary/aromatic N) is 1. The van der Waals surface area contributed by atoms with Gasteiger partial charge in [-0.15, -0.1) is 0 Å². The quantitative estimate of drug-likeness (QED) is 0.672. The average Bonchev–Trinajstić information content (AvgIpc) is 2.62. The fourth-order valence-corrected chi connectivity index (χ4v) is 2.92. The third kappa shape index (κ3) is 2.67. The number of allylic oxidation sites excluding steroid dienone is 1. The summed E-state index contributed by atoms with van der Waals surface area (Å²) in [5.74, 6) is 0.901. The summed E-state index contributed by atoms with van der Waals surface area (Å²) in [4.78, 5) is 4.45. The van der Waals surface area contributed by atoms with Gasteiger partial charge in [0.15, 0.2) is 0 Å². The smallest absolute Gasteiger partial charge is 0.131 e. The molecule has 1 aliphatic rings. The molecule has 0 fully saturated rings. The molecule has 2 nitrogen and oxygen atoms in total. The van der Waals surface area contributed by atoms with Crippen LogP contribution < -0.4 is 4.74 Å². The number of pyridine rings is 1. The molecule has 2 heterocycles. The summed E-state index contributed by atoms with van der Waals surface area (Å²) in [5, 5.41) is 0.943. The van der Waals surface area contributed by atoms with E-state index in [4.69, 9.17) is 4.74 Å². The Hall–Kier alpha value is -1.13. The van der Waals surface area contributed by atoms with Gasteiger partial charge in [0.25, 0.3) is 0 Å². The molecule has 1 aliphatic heterocycles. The maximum absolute atomic E-state index is 5.92. The normalized spacial score (nSPS) is 15.2. The highest BCUT2D eigenvalue weighted by atomic mass is 79.9. The number of alkyl halides is 1. The summed E-state index contributed by atoms with van der Waals surface area (Å²) in [7, 11) is 0. The predicted molar refractivity (Wildman–Crippen MR) is 88.2 cm³/mol. The summed E-state index contributed by atoms with van der Waals surface area (Å²) in [6, 6.07) is 10.3. The molecule has 0 N–H and O–H groups in total. The lowest BCUT2D eigenvalue weighted by Crippen LogP contribution is -1.98. The van der Waals surface area contributed by atoms with E-state index in [1.807, 2.05) is 24.4 Å². The van der Waals surface area contributed by atoms with Crippen LogP contribution in [0.25, 0.3) is 5.57 Å². The summed E-state index contributed by atoms with van der Waals surface area (Å²) < 4.78 is 6.94. The molecule has 0 saturated heterocycles. The zero-order chi connectivity index (χ0) is 13.9. The minimum Gasteiger partial charge on any atom is -0.487 e. The zero-order valence-corrected chi connectivity index (χ0v) is 13.9. The molecule has 1 aromatic carbocycles. The van der Waals surface area contributed by atoms with E-state index in [2.05, 4.69) is 55.1 Å². The fraction of sp³-hybridized carbons (Fsp3) is 0.188. The number of aromatic nitrogens is 1. The molecule has 2 aromatic rings. The zero-order valence-electron chi connectivity index (χ0n) is 10.8. The number of rotatable bonds is 2. The lowest BCUT2D eigenvalue weighted by molar-refractivity contribution is 0.302. The Morgan fingerprint density at radius 2 is 2.15 bits per heavy atom. The van der Waals surface area contributed by atoms with Crippen LogP contribution in [0.5, 0.6) is 5.75 Å². The van der Waals surface area contributed by atoms with Crippen LogP contribution in [0.2, 0.25) is 0 Å². The standard InChI is InChI=1S/C16H13Br2NO/c17-7-1-3-12-13-4-2-8-19-15(13)10-20-16-9-11(18)5-6-14(12)16/h2-6,8-9H,1,7,10H2. The Labute approximate surface area is 135 Å². The highest BCUT2D eigenvalue weighted by Crippen LogP contribution is 2.37. The minimum atomic E-state index is 0.505. The van der Waals surface area contributed by atoms with E-state index in [-0.39, 0.29) is 0 Å². The summed E-state index contributed by atoms with van der Waals surface area (Å²) >= 11 is 6.99. The SMILES string of the molecule is BrCCC=C1c2ccc(Br)cc2OCc2ncccc21. The second-order valence-electron chi connectivity index (χ2n) is 4.52. The van der Waals surface area contributed by atoms with Crippen molar-refractivity contribution in [1.29, 1.82) is 0 Å². The van der Waals surface area contributed by atoms with Crippen LogP contribution in [0.3, 0.4) is 0 Å². The van der Waals surface area contributed by atoms with Gasteiger partial charge in [-0.1, -0.05) is 44.0 Å². The number of benzene rings is 1. The highest BCUT2D eigenvalue weighted by molar-refractivity contribution is 9.10. The van der Waals surface area contributed by atoms with Gasteiger partial charge in [-0.2, -0.15) is 0 Å². The minimum absolute atomic E-state index is 0.505. The van der Waals surface area contributed by atoms with Gasteiger partial charge in [-0.3, -0.25) is 4.98 Å². The van der Waals surface area contributed by atoms with Gasteiger partial charge in [0, 0.05) is 27.1 Å². The fourth-order valence-electron chi connectivity index (χ4n) is 2.35. The number of ether oxygens (including phenoxy) is 1. The maximum atomic E-state index is 5.92. The first-order valence-electron chi connectivity index (χ1n) is 6.42. The molecule has 0 spiro atoms. The van der Waals surface area contributed by atoms with Crippen molar-refractivity contribution in [3.8, 4) is 5.75 Å². The molecule has 0 amide bonds. The molecular formula is C16H13Br2NO. The molecule has 0 atom stereocenters. The van der Waals surface area contributed by atoms with Gasteiger partial charge in [-0.25, -0.2) is 0 Å². The van der Waals surface area contributed by atoms with E-state index in [1.54, 1.807) is 0 Å². The Balaban J connectivity index is 2.19. The van der Waals surface area contributed by atoms with E-state index in [1.165, 1.54) is 5.57 Å². The van der Waals surface area contributed by atoms with Crippen molar-refractivity contribution >= 4 is 37.4 Å². The Bertz CT molecular complexity index is 667. The first kappa shape index (κ1) is 13.8. The van der Waals surface area contributed by atoms with Crippen molar-refractivity contribution in [2.45, 2.75) is 13.0 Å². The van der Waals surface area contributed by atoms with Crippen molar-refractivity contribution in [2.75, 3.05) is 5.33 Å². The van der Waals surface area contributed by atoms with Crippen LogP contribution in [-0.2, 0) is 6.61 Å². The Kier molecular flexibility index (Phi) is 4.22.